The summed E-state index contributed by atoms with van der Waals surface area (Å²) in [5, 5.41) is 16.0. The molecule has 19 heavy (non-hydrogen) atoms. The Kier molecular flexibility index (Phi) is 5.31. The molecule has 0 bridgehead atoms. The van der Waals surface area contributed by atoms with E-state index in [1.54, 1.807) is 18.2 Å². The lowest BCUT2D eigenvalue weighted by Gasteiger charge is -2.08. The number of aromatic nitrogens is 1. The molecule has 6 nitrogen and oxygen atoms in total. The molecule has 0 amide bonds. The molecule has 0 aliphatic carbocycles. The molecule has 1 atom stereocenters. The quantitative estimate of drug-likeness (QED) is 0.780. The molecule has 2 N–H and O–H groups in total. The van der Waals surface area contributed by atoms with Crippen LogP contribution in [0.3, 0.4) is 0 Å². The van der Waals surface area contributed by atoms with Crippen LogP contribution >= 0.6 is 0 Å². The summed E-state index contributed by atoms with van der Waals surface area (Å²) < 4.78 is 25.5. The second kappa shape index (κ2) is 6.74. The number of hydrogen-bond donors (Lipinski definition) is 2. The van der Waals surface area contributed by atoms with Crippen molar-refractivity contribution in [3.8, 4) is 17.9 Å². The van der Waals surface area contributed by atoms with Gasteiger partial charge in [0, 0.05) is 6.42 Å². The standard InChI is InChI=1S/C12H13N3O3S/c1-10(9-13)19(17,18)15-12-7-4-6-11(14-12)5-2-3-8-16/h4,6-7,10,16H,3,8H2,1H3,(H,14,15). The van der Waals surface area contributed by atoms with Crippen molar-refractivity contribution >= 4 is 15.8 Å². The maximum atomic E-state index is 11.7. The molecule has 0 spiro atoms. The van der Waals surface area contributed by atoms with Gasteiger partial charge in [-0.2, -0.15) is 5.26 Å². The average Bonchev–Trinajstić information content (AvgIpc) is 2.38. The van der Waals surface area contributed by atoms with Crippen molar-refractivity contribution in [1.29, 1.82) is 5.26 Å². The first-order chi connectivity index (χ1) is 8.99. The van der Waals surface area contributed by atoms with Gasteiger partial charge in [0.2, 0.25) is 10.0 Å². The first-order valence-corrected chi connectivity index (χ1v) is 7.02. The van der Waals surface area contributed by atoms with E-state index in [2.05, 4.69) is 21.5 Å². The van der Waals surface area contributed by atoms with E-state index in [-0.39, 0.29) is 12.4 Å². The number of rotatable bonds is 4. The highest BCUT2D eigenvalue weighted by atomic mass is 32.2. The molecular formula is C12H13N3O3S. The summed E-state index contributed by atoms with van der Waals surface area (Å²) in [7, 11) is -3.77. The van der Waals surface area contributed by atoms with Gasteiger partial charge in [0.25, 0.3) is 0 Å². The van der Waals surface area contributed by atoms with Gasteiger partial charge in [0.1, 0.15) is 11.5 Å². The van der Waals surface area contributed by atoms with Crippen LogP contribution < -0.4 is 4.72 Å². The zero-order valence-electron chi connectivity index (χ0n) is 10.3. The summed E-state index contributed by atoms with van der Waals surface area (Å²) in [5.41, 5.74) is 0.387. The summed E-state index contributed by atoms with van der Waals surface area (Å²) >= 11 is 0. The molecule has 1 rings (SSSR count). The van der Waals surface area contributed by atoms with Crippen LogP contribution in [0.4, 0.5) is 5.82 Å². The molecule has 0 radical (unpaired) electrons. The number of hydrogen-bond acceptors (Lipinski definition) is 5. The third-order valence-electron chi connectivity index (χ3n) is 2.10. The normalized spacial score (nSPS) is 11.8. The fraction of sp³-hybridized carbons (Fsp3) is 0.333. The zero-order valence-corrected chi connectivity index (χ0v) is 11.1. The van der Waals surface area contributed by atoms with E-state index >= 15 is 0 Å². The van der Waals surface area contributed by atoms with Crippen LogP contribution in [0.25, 0.3) is 0 Å². The minimum absolute atomic E-state index is 0.0427. The Balaban J connectivity index is 2.91. The van der Waals surface area contributed by atoms with Gasteiger partial charge >= 0.3 is 0 Å². The van der Waals surface area contributed by atoms with Crippen LogP contribution in [0.15, 0.2) is 18.2 Å². The molecule has 1 unspecified atom stereocenters. The fourth-order valence-electron chi connectivity index (χ4n) is 1.07. The highest BCUT2D eigenvalue weighted by molar-refractivity contribution is 7.93. The van der Waals surface area contributed by atoms with E-state index < -0.39 is 15.3 Å². The number of nitriles is 1. The highest BCUT2D eigenvalue weighted by Crippen LogP contribution is 2.09. The van der Waals surface area contributed by atoms with Crippen LogP contribution in [0.2, 0.25) is 0 Å². The molecule has 0 aromatic carbocycles. The summed E-state index contributed by atoms with van der Waals surface area (Å²) in [6.07, 6.45) is 0.323. The summed E-state index contributed by atoms with van der Waals surface area (Å²) in [6, 6.07) is 6.34. The topological polar surface area (TPSA) is 103 Å². The number of nitrogens with zero attached hydrogens (tertiary/aromatic N) is 2. The summed E-state index contributed by atoms with van der Waals surface area (Å²) in [4.78, 5) is 3.99. The van der Waals surface area contributed by atoms with Crippen molar-refractivity contribution in [3.05, 3.63) is 23.9 Å². The molecule has 1 heterocycles. The lowest BCUT2D eigenvalue weighted by Crippen LogP contribution is -2.24. The van der Waals surface area contributed by atoms with Gasteiger partial charge in [-0.15, -0.1) is 0 Å². The van der Waals surface area contributed by atoms with Crippen molar-refractivity contribution in [3.63, 3.8) is 0 Å². The Morgan fingerprint density at radius 3 is 2.89 bits per heavy atom. The second-order valence-electron chi connectivity index (χ2n) is 3.60. The minimum Gasteiger partial charge on any atom is -0.395 e. The van der Waals surface area contributed by atoms with Crippen LogP contribution in [0.1, 0.15) is 19.0 Å². The SMILES string of the molecule is CC(C#N)S(=O)(=O)Nc1cccc(C#CCCO)n1. The maximum absolute atomic E-state index is 11.7. The molecule has 1 aromatic rings. The Bertz CT molecular complexity index is 638. The zero-order chi connectivity index (χ0) is 14.3. The molecule has 0 aliphatic heterocycles. The number of sulfonamides is 1. The average molecular weight is 279 g/mol. The van der Waals surface area contributed by atoms with Crippen LogP contribution in [0, 0.1) is 23.2 Å². The molecule has 0 saturated heterocycles. The van der Waals surface area contributed by atoms with Crippen molar-refractivity contribution in [1.82, 2.24) is 4.98 Å². The van der Waals surface area contributed by atoms with E-state index in [1.807, 2.05) is 0 Å². The van der Waals surface area contributed by atoms with Gasteiger partial charge in [-0.3, -0.25) is 4.72 Å². The summed E-state index contributed by atoms with van der Waals surface area (Å²) in [6.45, 7) is 1.24. The molecule has 0 saturated carbocycles. The first-order valence-electron chi connectivity index (χ1n) is 5.47. The van der Waals surface area contributed by atoms with Crippen molar-refractivity contribution in [2.75, 3.05) is 11.3 Å². The highest BCUT2D eigenvalue weighted by Gasteiger charge is 2.20. The van der Waals surface area contributed by atoms with Gasteiger partial charge in [-0.05, 0) is 25.0 Å². The van der Waals surface area contributed by atoms with Crippen LogP contribution in [-0.4, -0.2) is 30.4 Å². The molecule has 7 heteroatoms. The monoisotopic (exact) mass is 279 g/mol. The summed E-state index contributed by atoms with van der Waals surface area (Å²) in [5.74, 6) is 5.49. The van der Waals surface area contributed by atoms with E-state index in [1.165, 1.54) is 13.0 Å². The predicted octanol–water partition coefficient (Wildman–Crippen LogP) is 0.469. The fourth-order valence-corrected chi connectivity index (χ4v) is 1.79. The van der Waals surface area contributed by atoms with Gasteiger partial charge < -0.3 is 5.11 Å². The Morgan fingerprint density at radius 2 is 2.26 bits per heavy atom. The lowest BCUT2D eigenvalue weighted by atomic mass is 10.3. The number of nitrogens with one attached hydrogen (secondary N) is 1. The number of anilines is 1. The van der Waals surface area contributed by atoms with Gasteiger partial charge in [-0.1, -0.05) is 12.0 Å². The molecule has 100 valence electrons. The van der Waals surface area contributed by atoms with Crippen molar-refractivity contribution < 1.29 is 13.5 Å². The second-order valence-corrected chi connectivity index (χ2v) is 5.60. The minimum atomic E-state index is -3.77. The number of aliphatic hydroxyl groups excluding tert-OH is 1. The number of aliphatic hydroxyl groups is 1. The molecule has 0 fully saturated rings. The first kappa shape index (κ1) is 15.0. The van der Waals surface area contributed by atoms with Gasteiger partial charge in [-0.25, -0.2) is 13.4 Å². The molecular weight excluding hydrogens is 266 g/mol. The third kappa shape index (κ3) is 4.59. The maximum Gasteiger partial charge on any atom is 0.250 e. The van der Waals surface area contributed by atoms with Crippen molar-refractivity contribution in [2.24, 2.45) is 0 Å². The van der Waals surface area contributed by atoms with Gasteiger partial charge in [0.05, 0.1) is 12.7 Å². The Labute approximate surface area is 112 Å². The van der Waals surface area contributed by atoms with E-state index in [4.69, 9.17) is 10.4 Å². The van der Waals surface area contributed by atoms with Crippen LogP contribution in [-0.2, 0) is 10.0 Å². The van der Waals surface area contributed by atoms with Gasteiger partial charge in [0.15, 0.2) is 5.25 Å². The van der Waals surface area contributed by atoms with E-state index in [0.717, 1.165) is 0 Å². The van der Waals surface area contributed by atoms with E-state index in [0.29, 0.717) is 12.1 Å². The predicted molar refractivity (Wildman–Crippen MR) is 70.4 cm³/mol. The molecule has 1 aromatic heterocycles. The smallest absolute Gasteiger partial charge is 0.250 e. The Hall–Kier alpha value is -2.09. The largest absolute Gasteiger partial charge is 0.395 e. The third-order valence-corrected chi connectivity index (χ3v) is 3.63. The van der Waals surface area contributed by atoms with Crippen molar-refractivity contribution in [2.45, 2.75) is 18.6 Å². The number of pyridine rings is 1. The lowest BCUT2D eigenvalue weighted by molar-refractivity contribution is 0.305. The van der Waals surface area contributed by atoms with E-state index in [9.17, 15) is 8.42 Å². The van der Waals surface area contributed by atoms with Crippen LogP contribution in [0.5, 0.6) is 0 Å². The Morgan fingerprint density at radius 1 is 1.53 bits per heavy atom. The molecule has 0 aliphatic rings.